The quantitative estimate of drug-likeness (QED) is 0.633. The molecule has 3 nitrogen and oxygen atoms in total. The van der Waals surface area contributed by atoms with Gasteiger partial charge in [0.05, 0.1) is 12.1 Å². The number of rotatable bonds is 3. The Morgan fingerprint density at radius 3 is 2.71 bits per heavy atom. The van der Waals surface area contributed by atoms with E-state index in [1.807, 2.05) is 6.92 Å². The number of nitrogens with one attached hydrogen (secondary N) is 1. The van der Waals surface area contributed by atoms with Crippen molar-refractivity contribution in [2.24, 2.45) is 10.7 Å². The van der Waals surface area contributed by atoms with Gasteiger partial charge < -0.3 is 11.1 Å². The molecular weight excluding hydrogens is 231 g/mol. The Kier molecular flexibility index (Phi) is 4.37. The van der Waals surface area contributed by atoms with E-state index in [-0.39, 0.29) is 12.5 Å². The molecule has 0 fully saturated rings. The Hall–Kier alpha value is -1.72. The maximum atomic E-state index is 12.4. The van der Waals surface area contributed by atoms with Crippen molar-refractivity contribution in [2.45, 2.75) is 19.6 Å². The molecule has 94 valence electrons. The molecule has 3 N–H and O–H groups in total. The number of hydrogen-bond donors (Lipinski definition) is 2. The average molecular weight is 245 g/mol. The molecule has 0 aromatic heterocycles. The third-order valence-corrected chi connectivity index (χ3v) is 2.04. The van der Waals surface area contributed by atoms with Gasteiger partial charge in [0.15, 0.2) is 5.96 Å². The van der Waals surface area contributed by atoms with Crippen LogP contribution in [0.3, 0.4) is 0 Å². The van der Waals surface area contributed by atoms with Gasteiger partial charge in [-0.2, -0.15) is 13.2 Å². The zero-order chi connectivity index (χ0) is 12.9. The summed E-state index contributed by atoms with van der Waals surface area (Å²) >= 11 is 0. The number of guanidine groups is 1. The molecule has 0 spiro atoms. The maximum absolute atomic E-state index is 12.4. The van der Waals surface area contributed by atoms with E-state index in [9.17, 15) is 13.2 Å². The Labute approximate surface area is 97.5 Å². The lowest BCUT2D eigenvalue weighted by Gasteiger charge is -2.07. The van der Waals surface area contributed by atoms with Gasteiger partial charge in [-0.25, -0.2) is 4.99 Å². The van der Waals surface area contributed by atoms with Gasteiger partial charge in [-0.15, -0.1) is 0 Å². The second kappa shape index (κ2) is 5.56. The van der Waals surface area contributed by atoms with Gasteiger partial charge in [-0.3, -0.25) is 0 Å². The predicted molar refractivity (Wildman–Crippen MR) is 60.4 cm³/mol. The first-order valence-electron chi connectivity index (χ1n) is 5.13. The molecule has 0 unspecified atom stereocenters. The number of benzene rings is 1. The molecule has 0 bridgehead atoms. The lowest BCUT2D eigenvalue weighted by atomic mass is 10.1. The minimum absolute atomic E-state index is 0.128. The topological polar surface area (TPSA) is 50.4 Å². The third kappa shape index (κ3) is 4.34. The number of halogens is 3. The van der Waals surface area contributed by atoms with Gasteiger partial charge in [-0.1, -0.05) is 12.1 Å². The maximum Gasteiger partial charge on any atom is 0.416 e. The van der Waals surface area contributed by atoms with Gasteiger partial charge in [0.2, 0.25) is 0 Å². The second-order valence-electron chi connectivity index (χ2n) is 3.43. The van der Waals surface area contributed by atoms with Crippen LogP contribution in [0.15, 0.2) is 29.3 Å². The van der Waals surface area contributed by atoms with Crippen molar-refractivity contribution in [3.8, 4) is 0 Å². The minimum atomic E-state index is -4.33. The Balaban J connectivity index is 2.76. The SMILES string of the molecule is CCNC(N)=NCc1cccc(C(F)(F)F)c1. The Bertz CT molecular complexity index is 399. The second-order valence-corrected chi connectivity index (χ2v) is 3.43. The van der Waals surface area contributed by atoms with E-state index < -0.39 is 11.7 Å². The van der Waals surface area contributed by atoms with E-state index in [1.54, 1.807) is 6.07 Å². The highest BCUT2D eigenvalue weighted by molar-refractivity contribution is 5.77. The van der Waals surface area contributed by atoms with Gasteiger partial charge in [0, 0.05) is 6.54 Å². The van der Waals surface area contributed by atoms with Crippen LogP contribution >= 0.6 is 0 Å². The molecule has 0 aliphatic rings. The van der Waals surface area contributed by atoms with E-state index >= 15 is 0 Å². The summed E-state index contributed by atoms with van der Waals surface area (Å²) < 4.78 is 37.2. The average Bonchev–Trinajstić information content (AvgIpc) is 2.26. The van der Waals surface area contributed by atoms with Crippen molar-refractivity contribution in [1.29, 1.82) is 0 Å². The summed E-state index contributed by atoms with van der Waals surface area (Å²) in [6, 6.07) is 5.04. The van der Waals surface area contributed by atoms with Crippen LogP contribution in [0.1, 0.15) is 18.1 Å². The number of alkyl halides is 3. The van der Waals surface area contributed by atoms with Crippen molar-refractivity contribution >= 4 is 5.96 Å². The number of nitrogens with zero attached hydrogens (tertiary/aromatic N) is 1. The summed E-state index contributed by atoms with van der Waals surface area (Å²) in [5.41, 5.74) is 5.27. The monoisotopic (exact) mass is 245 g/mol. The summed E-state index contributed by atoms with van der Waals surface area (Å²) in [5, 5.41) is 2.77. The number of hydrogen-bond acceptors (Lipinski definition) is 1. The molecule has 0 saturated heterocycles. The van der Waals surface area contributed by atoms with Crippen molar-refractivity contribution in [3.05, 3.63) is 35.4 Å². The molecule has 0 saturated carbocycles. The highest BCUT2D eigenvalue weighted by Gasteiger charge is 2.30. The van der Waals surface area contributed by atoms with Gasteiger partial charge >= 0.3 is 6.18 Å². The predicted octanol–water partition coefficient (Wildman–Crippen LogP) is 2.13. The van der Waals surface area contributed by atoms with Crippen molar-refractivity contribution in [2.75, 3.05) is 6.54 Å². The summed E-state index contributed by atoms with van der Waals surface area (Å²) in [6.07, 6.45) is -4.33. The molecule has 17 heavy (non-hydrogen) atoms. The molecule has 0 aliphatic carbocycles. The molecule has 0 heterocycles. The molecule has 0 atom stereocenters. The van der Waals surface area contributed by atoms with Crippen LogP contribution in [0.5, 0.6) is 0 Å². The van der Waals surface area contributed by atoms with Crippen molar-refractivity contribution in [3.63, 3.8) is 0 Å². The molecule has 0 amide bonds. The molecule has 1 aromatic carbocycles. The third-order valence-electron chi connectivity index (χ3n) is 2.04. The molecule has 1 aromatic rings. The van der Waals surface area contributed by atoms with E-state index in [1.165, 1.54) is 6.07 Å². The number of nitrogens with two attached hydrogens (primary N) is 1. The lowest BCUT2D eigenvalue weighted by Crippen LogP contribution is -2.31. The van der Waals surface area contributed by atoms with Crippen LogP contribution in [0.25, 0.3) is 0 Å². The van der Waals surface area contributed by atoms with Gasteiger partial charge in [-0.05, 0) is 24.6 Å². The summed E-state index contributed by atoms with van der Waals surface area (Å²) in [4.78, 5) is 3.92. The van der Waals surface area contributed by atoms with Crippen LogP contribution in [-0.4, -0.2) is 12.5 Å². The number of aliphatic imine (C=N–C) groups is 1. The van der Waals surface area contributed by atoms with E-state index in [0.29, 0.717) is 12.1 Å². The highest BCUT2D eigenvalue weighted by atomic mass is 19.4. The fourth-order valence-corrected chi connectivity index (χ4v) is 1.26. The largest absolute Gasteiger partial charge is 0.416 e. The molecule has 0 radical (unpaired) electrons. The van der Waals surface area contributed by atoms with Gasteiger partial charge in [0.1, 0.15) is 0 Å². The normalized spacial score (nSPS) is 12.6. The fourth-order valence-electron chi connectivity index (χ4n) is 1.26. The van der Waals surface area contributed by atoms with Crippen molar-refractivity contribution in [1.82, 2.24) is 5.32 Å². The summed E-state index contributed by atoms with van der Waals surface area (Å²) in [7, 11) is 0. The molecule has 6 heteroatoms. The standard InChI is InChI=1S/C11H14F3N3/c1-2-16-10(15)17-7-8-4-3-5-9(6-8)11(12,13)14/h3-6H,2,7H2,1H3,(H3,15,16,17). The van der Waals surface area contributed by atoms with Crippen LogP contribution < -0.4 is 11.1 Å². The van der Waals surface area contributed by atoms with E-state index in [0.717, 1.165) is 12.1 Å². The molecular formula is C11H14F3N3. The van der Waals surface area contributed by atoms with E-state index in [2.05, 4.69) is 10.3 Å². The Morgan fingerprint density at radius 2 is 2.12 bits per heavy atom. The highest BCUT2D eigenvalue weighted by Crippen LogP contribution is 2.29. The van der Waals surface area contributed by atoms with Crippen LogP contribution in [0.2, 0.25) is 0 Å². The first-order chi connectivity index (χ1) is 7.93. The summed E-state index contributed by atoms with van der Waals surface area (Å²) in [5.74, 6) is 0.227. The van der Waals surface area contributed by atoms with E-state index in [4.69, 9.17) is 5.73 Å². The first-order valence-corrected chi connectivity index (χ1v) is 5.13. The van der Waals surface area contributed by atoms with Crippen molar-refractivity contribution < 1.29 is 13.2 Å². The van der Waals surface area contributed by atoms with Crippen LogP contribution in [0, 0.1) is 0 Å². The fraction of sp³-hybridized carbons (Fsp3) is 0.364. The lowest BCUT2D eigenvalue weighted by molar-refractivity contribution is -0.137. The van der Waals surface area contributed by atoms with Crippen LogP contribution in [-0.2, 0) is 12.7 Å². The van der Waals surface area contributed by atoms with Crippen LogP contribution in [0.4, 0.5) is 13.2 Å². The molecule has 0 aliphatic heterocycles. The molecule has 1 rings (SSSR count). The zero-order valence-corrected chi connectivity index (χ0v) is 9.38. The Morgan fingerprint density at radius 1 is 1.41 bits per heavy atom. The van der Waals surface area contributed by atoms with Gasteiger partial charge in [0.25, 0.3) is 0 Å². The zero-order valence-electron chi connectivity index (χ0n) is 9.38. The minimum Gasteiger partial charge on any atom is -0.370 e. The first kappa shape index (κ1) is 13.3. The smallest absolute Gasteiger partial charge is 0.370 e. The summed E-state index contributed by atoms with van der Waals surface area (Å²) in [6.45, 7) is 2.60.